The number of rotatable bonds is 2. The van der Waals surface area contributed by atoms with Gasteiger partial charge in [0.2, 0.25) is 5.91 Å². The van der Waals surface area contributed by atoms with Gasteiger partial charge in [-0.3, -0.25) is 4.79 Å². The van der Waals surface area contributed by atoms with Crippen LogP contribution in [0.1, 0.15) is 41.1 Å². The Morgan fingerprint density at radius 1 is 1.04 bits per heavy atom. The molecule has 0 spiro atoms. The first-order valence-electron chi connectivity index (χ1n) is 8.88. The number of aryl methyl sites for hydroxylation is 1. The van der Waals surface area contributed by atoms with Gasteiger partial charge in [-0.2, -0.15) is 0 Å². The fourth-order valence-electron chi connectivity index (χ4n) is 4.16. The van der Waals surface area contributed by atoms with Crippen LogP contribution in [0.4, 0.5) is 0 Å². The summed E-state index contributed by atoms with van der Waals surface area (Å²) in [7, 11) is 1.97. The molecule has 4 rings (SSSR count). The van der Waals surface area contributed by atoms with E-state index in [0.29, 0.717) is 0 Å². The molecule has 2 unspecified atom stereocenters. The Labute approximate surface area is 143 Å². The summed E-state index contributed by atoms with van der Waals surface area (Å²) in [5, 5.41) is 3.43. The zero-order valence-electron chi connectivity index (χ0n) is 14.2. The van der Waals surface area contributed by atoms with Crippen molar-refractivity contribution in [3.8, 4) is 0 Å². The first-order valence-corrected chi connectivity index (χ1v) is 8.88. The van der Waals surface area contributed by atoms with Gasteiger partial charge < -0.3 is 10.2 Å². The minimum Gasteiger partial charge on any atom is -0.337 e. The van der Waals surface area contributed by atoms with Crippen molar-refractivity contribution >= 4 is 5.91 Å². The molecule has 1 N–H and O–H groups in total. The van der Waals surface area contributed by atoms with Gasteiger partial charge in [-0.25, -0.2) is 0 Å². The molecule has 2 aromatic carbocycles. The number of likely N-dealkylation sites (N-methyl/N-ethyl adjacent to an activating group) is 1. The third-order valence-electron chi connectivity index (χ3n) is 5.53. The van der Waals surface area contributed by atoms with Crippen LogP contribution in [0, 0.1) is 0 Å². The molecule has 2 atom stereocenters. The summed E-state index contributed by atoms with van der Waals surface area (Å²) in [5.41, 5.74) is 5.34. The number of carbonyl (C=O) groups is 1. The molecule has 1 heterocycles. The zero-order valence-corrected chi connectivity index (χ0v) is 14.2. The molecule has 3 heteroatoms. The van der Waals surface area contributed by atoms with E-state index in [-0.39, 0.29) is 18.0 Å². The second-order valence-corrected chi connectivity index (χ2v) is 6.96. The van der Waals surface area contributed by atoms with Crippen molar-refractivity contribution in [1.29, 1.82) is 0 Å². The first kappa shape index (κ1) is 15.4. The second kappa shape index (κ2) is 6.40. The van der Waals surface area contributed by atoms with Gasteiger partial charge in [0, 0.05) is 13.6 Å². The van der Waals surface area contributed by atoms with Crippen LogP contribution in [-0.4, -0.2) is 23.9 Å². The second-order valence-electron chi connectivity index (χ2n) is 6.96. The highest BCUT2D eigenvalue weighted by Gasteiger charge is 2.32. The molecule has 3 nitrogen and oxygen atoms in total. The van der Waals surface area contributed by atoms with Gasteiger partial charge in [0.1, 0.15) is 0 Å². The molecule has 0 radical (unpaired) electrons. The van der Waals surface area contributed by atoms with Gasteiger partial charge in [0.25, 0.3) is 0 Å². The van der Waals surface area contributed by atoms with Crippen molar-refractivity contribution in [2.75, 3.05) is 7.05 Å². The van der Waals surface area contributed by atoms with Crippen LogP contribution in [0.5, 0.6) is 0 Å². The lowest BCUT2D eigenvalue weighted by molar-refractivity contribution is -0.134. The topological polar surface area (TPSA) is 32.3 Å². The molecule has 1 aliphatic heterocycles. The van der Waals surface area contributed by atoms with E-state index >= 15 is 0 Å². The lowest BCUT2D eigenvalue weighted by Gasteiger charge is -2.36. The predicted molar refractivity (Wildman–Crippen MR) is 95.7 cm³/mol. The average Bonchev–Trinajstić information content (AvgIpc) is 2.66. The zero-order chi connectivity index (χ0) is 16.5. The van der Waals surface area contributed by atoms with E-state index in [0.717, 1.165) is 32.2 Å². The van der Waals surface area contributed by atoms with Crippen molar-refractivity contribution < 1.29 is 4.79 Å². The lowest BCUT2D eigenvalue weighted by Crippen LogP contribution is -2.49. The fourth-order valence-corrected chi connectivity index (χ4v) is 4.16. The van der Waals surface area contributed by atoms with Crippen LogP contribution in [-0.2, 0) is 24.2 Å². The molecule has 0 bridgehead atoms. The van der Waals surface area contributed by atoms with Gasteiger partial charge in [0.05, 0.1) is 12.1 Å². The highest BCUT2D eigenvalue weighted by Crippen LogP contribution is 2.34. The van der Waals surface area contributed by atoms with Crippen molar-refractivity contribution in [2.24, 2.45) is 0 Å². The van der Waals surface area contributed by atoms with E-state index in [1.165, 1.54) is 22.3 Å². The molecule has 1 aliphatic carbocycles. The summed E-state index contributed by atoms with van der Waals surface area (Å²) in [6.45, 7) is 0.779. The van der Waals surface area contributed by atoms with Gasteiger partial charge in [-0.15, -0.1) is 0 Å². The summed E-state index contributed by atoms with van der Waals surface area (Å²) >= 11 is 0. The number of nitrogens with zero attached hydrogens (tertiary/aromatic N) is 1. The van der Waals surface area contributed by atoms with Crippen LogP contribution >= 0.6 is 0 Å². The van der Waals surface area contributed by atoms with Crippen LogP contribution in [0.3, 0.4) is 0 Å². The van der Waals surface area contributed by atoms with Crippen molar-refractivity contribution in [3.63, 3.8) is 0 Å². The predicted octanol–water partition coefficient (Wildman–Crippen LogP) is 3.24. The normalized spacial score (nSPS) is 22.4. The molecule has 0 saturated carbocycles. The Kier molecular flexibility index (Phi) is 4.11. The third kappa shape index (κ3) is 2.73. The number of hydrogen-bond donors (Lipinski definition) is 1. The maximum absolute atomic E-state index is 13.1. The van der Waals surface area contributed by atoms with Crippen molar-refractivity contribution in [2.45, 2.75) is 44.3 Å². The van der Waals surface area contributed by atoms with Gasteiger partial charge >= 0.3 is 0 Å². The van der Waals surface area contributed by atoms with E-state index in [1.54, 1.807) is 0 Å². The Morgan fingerprint density at radius 2 is 1.75 bits per heavy atom. The minimum absolute atomic E-state index is 0.112. The molecule has 24 heavy (non-hydrogen) atoms. The SMILES string of the molecule is CN(C(=O)C1Cc2ccccc2CN1)C1CCCc2ccccc21. The maximum Gasteiger partial charge on any atom is 0.240 e. The Bertz CT molecular complexity index is 755. The van der Waals surface area contributed by atoms with E-state index in [2.05, 4.69) is 53.8 Å². The summed E-state index contributed by atoms with van der Waals surface area (Å²) in [6, 6.07) is 17.1. The maximum atomic E-state index is 13.1. The van der Waals surface area contributed by atoms with Crippen molar-refractivity contribution in [3.05, 3.63) is 70.8 Å². The number of amides is 1. The van der Waals surface area contributed by atoms with Gasteiger partial charge in [-0.1, -0.05) is 48.5 Å². The molecule has 0 fully saturated rings. The highest BCUT2D eigenvalue weighted by atomic mass is 16.2. The van der Waals surface area contributed by atoms with E-state index in [9.17, 15) is 4.79 Å². The van der Waals surface area contributed by atoms with Crippen molar-refractivity contribution in [1.82, 2.24) is 10.2 Å². The van der Waals surface area contributed by atoms with Crippen LogP contribution in [0.25, 0.3) is 0 Å². The minimum atomic E-state index is -0.112. The van der Waals surface area contributed by atoms with Crippen LogP contribution < -0.4 is 5.32 Å². The summed E-state index contributed by atoms with van der Waals surface area (Å²) < 4.78 is 0. The van der Waals surface area contributed by atoms with E-state index in [1.807, 2.05) is 11.9 Å². The number of hydrogen-bond acceptors (Lipinski definition) is 2. The Balaban J connectivity index is 1.54. The summed E-state index contributed by atoms with van der Waals surface area (Å²) in [6.07, 6.45) is 4.13. The number of nitrogens with one attached hydrogen (secondary N) is 1. The number of benzene rings is 2. The van der Waals surface area contributed by atoms with E-state index in [4.69, 9.17) is 0 Å². The number of fused-ring (bicyclic) bond motifs is 2. The average molecular weight is 320 g/mol. The Hall–Kier alpha value is -2.13. The number of carbonyl (C=O) groups excluding carboxylic acids is 1. The molecule has 124 valence electrons. The monoisotopic (exact) mass is 320 g/mol. The van der Waals surface area contributed by atoms with Crippen LogP contribution in [0.15, 0.2) is 48.5 Å². The Morgan fingerprint density at radius 3 is 2.58 bits per heavy atom. The molecule has 0 aromatic heterocycles. The quantitative estimate of drug-likeness (QED) is 0.921. The molecular formula is C21H24N2O. The highest BCUT2D eigenvalue weighted by molar-refractivity contribution is 5.83. The van der Waals surface area contributed by atoms with Gasteiger partial charge in [-0.05, 0) is 47.9 Å². The summed E-state index contributed by atoms with van der Waals surface area (Å²) in [5.74, 6) is 0.214. The molecule has 2 aromatic rings. The van der Waals surface area contributed by atoms with E-state index < -0.39 is 0 Å². The largest absolute Gasteiger partial charge is 0.337 e. The molecular weight excluding hydrogens is 296 g/mol. The third-order valence-corrected chi connectivity index (χ3v) is 5.53. The molecule has 1 amide bonds. The molecule has 2 aliphatic rings. The summed E-state index contributed by atoms with van der Waals surface area (Å²) in [4.78, 5) is 15.1. The fraction of sp³-hybridized carbons (Fsp3) is 0.381. The van der Waals surface area contributed by atoms with Gasteiger partial charge in [0.15, 0.2) is 0 Å². The van der Waals surface area contributed by atoms with Crippen LogP contribution in [0.2, 0.25) is 0 Å². The smallest absolute Gasteiger partial charge is 0.240 e. The first-order chi connectivity index (χ1) is 11.7. The standard InChI is InChI=1S/C21H24N2O/c1-23(20-12-6-10-15-7-4-5-11-18(15)20)21(24)19-13-16-8-2-3-9-17(16)14-22-19/h2-5,7-9,11,19-20,22H,6,10,12-14H2,1H3. The molecule has 0 saturated heterocycles. The lowest BCUT2D eigenvalue weighted by atomic mass is 9.86.